The monoisotopic (exact) mass is 471 g/mol. The second-order valence-electron chi connectivity index (χ2n) is 7.32. The summed E-state index contributed by atoms with van der Waals surface area (Å²) in [5, 5.41) is 9.81. The zero-order valence-electron chi connectivity index (χ0n) is 19.0. The van der Waals surface area contributed by atoms with E-state index in [4.69, 9.17) is 9.57 Å². The molecule has 0 atom stereocenters. The van der Waals surface area contributed by atoms with E-state index < -0.39 is 11.6 Å². The molecule has 0 amide bonds. The summed E-state index contributed by atoms with van der Waals surface area (Å²) in [6, 6.07) is 29.5. The molecule has 4 rings (SSSR count). The zero-order valence-corrected chi connectivity index (χ0v) is 19.8. The van der Waals surface area contributed by atoms with Crippen molar-refractivity contribution in [2.24, 2.45) is 5.16 Å². The van der Waals surface area contributed by atoms with Crippen molar-refractivity contribution in [1.29, 1.82) is 0 Å². The first-order chi connectivity index (χ1) is 16.7. The van der Waals surface area contributed by atoms with Crippen molar-refractivity contribution < 1.29 is 14.4 Å². The Morgan fingerprint density at radius 3 is 1.82 bits per heavy atom. The lowest BCUT2D eigenvalue weighted by atomic mass is 9.80. The number of benzene rings is 3. The quantitative estimate of drug-likeness (QED) is 0.152. The highest BCUT2D eigenvalue weighted by molar-refractivity contribution is 7.14. The molecule has 34 heavy (non-hydrogen) atoms. The Labute approximate surface area is 202 Å². The van der Waals surface area contributed by atoms with Gasteiger partial charge in [0.15, 0.2) is 5.13 Å². The van der Waals surface area contributed by atoms with Crippen LogP contribution in [0.15, 0.2) is 102 Å². The number of esters is 1. The van der Waals surface area contributed by atoms with Gasteiger partial charge < -0.3 is 14.9 Å². The van der Waals surface area contributed by atoms with Gasteiger partial charge in [0.1, 0.15) is 5.69 Å². The number of oxime groups is 1. The average molecular weight is 472 g/mol. The Morgan fingerprint density at radius 2 is 1.41 bits per heavy atom. The molecule has 0 aliphatic rings. The molecule has 0 spiro atoms. The van der Waals surface area contributed by atoms with Crippen LogP contribution in [0.5, 0.6) is 0 Å². The van der Waals surface area contributed by atoms with Crippen molar-refractivity contribution in [3.05, 3.63) is 119 Å². The summed E-state index contributed by atoms with van der Waals surface area (Å²) in [5.74, 6) is -0.599. The third-order valence-corrected chi connectivity index (χ3v) is 6.10. The van der Waals surface area contributed by atoms with Crippen molar-refractivity contribution in [1.82, 2.24) is 4.98 Å². The Morgan fingerprint density at radius 1 is 0.912 bits per heavy atom. The maximum absolute atomic E-state index is 12.9. The number of nitrogens with zero attached hydrogens (tertiary/aromatic N) is 2. The normalized spacial score (nSPS) is 11.6. The summed E-state index contributed by atoms with van der Waals surface area (Å²) < 4.78 is 5.28. The molecule has 3 aromatic carbocycles. The Kier molecular flexibility index (Phi) is 7.34. The van der Waals surface area contributed by atoms with E-state index in [0.717, 1.165) is 16.7 Å². The Bertz CT molecular complexity index is 1150. The van der Waals surface area contributed by atoms with E-state index in [2.05, 4.69) is 15.5 Å². The van der Waals surface area contributed by atoms with Gasteiger partial charge in [-0.3, -0.25) is 0 Å². The van der Waals surface area contributed by atoms with E-state index in [-0.39, 0.29) is 12.3 Å². The number of anilines is 1. The molecule has 1 aromatic heterocycles. The highest BCUT2D eigenvalue weighted by atomic mass is 32.1. The van der Waals surface area contributed by atoms with Gasteiger partial charge in [-0.25, -0.2) is 9.78 Å². The fourth-order valence-corrected chi connectivity index (χ4v) is 4.33. The highest BCUT2D eigenvalue weighted by Gasteiger charge is 2.40. The van der Waals surface area contributed by atoms with Crippen molar-refractivity contribution in [3.8, 4) is 0 Å². The first-order valence-electron chi connectivity index (χ1n) is 10.9. The molecule has 172 valence electrons. The molecular formula is C27H25N3O3S. The lowest BCUT2D eigenvalue weighted by molar-refractivity contribution is -0.135. The van der Waals surface area contributed by atoms with Crippen LogP contribution in [0.4, 0.5) is 5.13 Å². The summed E-state index contributed by atoms with van der Waals surface area (Å²) in [6.45, 7) is 1.96. The number of carbonyl (C=O) groups excluding carboxylic acids is 1. The number of nitrogens with one attached hydrogen (secondary N) is 1. The number of carbonyl (C=O) groups is 1. The highest BCUT2D eigenvalue weighted by Crippen LogP contribution is 2.40. The third-order valence-electron chi connectivity index (χ3n) is 5.24. The van der Waals surface area contributed by atoms with Crippen LogP contribution in [0.2, 0.25) is 0 Å². The molecule has 0 radical (unpaired) electrons. The molecule has 7 heteroatoms. The predicted molar refractivity (Wildman–Crippen MR) is 135 cm³/mol. The molecular weight excluding hydrogens is 446 g/mol. The summed E-state index contributed by atoms with van der Waals surface area (Å²) in [6.07, 6.45) is 0. The van der Waals surface area contributed by atoms with Crippen LogP contribution >= 0.6 is 11.3 Å². The molecule has 4 aromatic rings. The SMILES string of the molecule is CCOC(=O)/C(=N/OC(c1ccccc1)(c1ccccc1)c1ccccc1)c1csc(NC)n1. The molecule has 1 heterocycles. The van der Waals surface area contributed by atoms with Gasteiger partial charge in [0.2, 0.25) is 11.3 Å². The predicted octanol–water partition coefficient (Wildman–Crippen LogP) is 5.46. The minimum Gasteiger partial charge on any atom is -0.461 e. The van der Waals surface area contributed by atoms with Gasteiger partial charge in [-0.05, 0) is 6.92 Å². The minimum absolute atomic E-state index is 0.00627. The molecule has 0 saturated carbocycles. The van der Waals surface area contributed by atoms with Crippen LogP contribution in [0, 0.1) is 0 Å². The first-order valence-corrected chi connectivity index (χ1v) is 11.8. The maximum Gasteiger partial charge on any atom is 0.362 e. The van der Waals surface area contributed by atoms with E-state index in [1.54, 1.807) is 19.4 Å². The lowest BCUT2D eigenvalue weighted by Gasteiger charge is -2.33. The Hall–Kier alpha value is -3.97. The number of ether oxygens (including phenoxy) is 1. The fraction of sp³-hybridized carbons (Fsp3) is 0.148. The summed E-state index contributed by atoms with van der Waals surface area (Å²) in [4.78, 5) is 23.8. The van der Waals surface area contributed by atoms with E-state index >= 15 is 0 Å². The van der Waals surface area contributed by atoms with E-state index in [1.807, 2.05) is 91.0 Å². The largest absolute Gasteiger partial charge is 0.461 e. The topological polar surface area (TPSA) is 72.8 Å². The molecule has 0 aliphatic carbocycles. The molecule has 0 saturated heterocycles. The van der Waals surface area contributed by atoms with E-state index in [0.29, 0.717) is 10.8 Å². The molecule has 1 N–H and O–H groups in total. The van der Waals surface area contributed by atoms with Gasteiger partial charge in [-0.15, -0.1) is 11.3 Å². The number of hydrogen-bond acceptors (Lipinski definition) is 7. The van der Waals surface area contributed by atoms with Gasteiger partial charge in [0.05, 0.1) is 6.61 Å². The van der Waals surface area contributed by atoms with Crippen molar-refractivity contribution in [2.75, 3.05) is 19.0 Å². The van der Waals surface area contributed by atoms with Crippen LogP contribution < -0.4 is 5.32 Å². The summed E-state index contributed by atoms with van der Waals surface area (Å²) >= 11 is 1.37. The van der Waals surface area contributed by atoms with Gasteiger partial charge in [0, 0.05) is 29.1 Å². The Balaban J connectivity index is 1.92. The van der Waals surface area contributed by atoms with E-state index in [9.17, 15) is 4.79 Å². The zero-order chi connectivity index (χ0) is 23.8. The first kappa shape index (κ1) is 23.2. The second kappa shape index (κ2) is 10.8. The van der Waals surface area contributed by atoms with Gasteiger partial charge in [-0.2, -0.15) is 0 Å². The second-order valence-corrected chi connectivity index (χ2v) is 8.18. The smallest absolute Gasteiger partial charge is 0.362 e. The maximum atomic E-state index is 12.9. The van der Waals surface area contributed by atoms with Crippen molar-refractivity contribution >= 4 is 28.1 Å². The van der Waals surface area contributed by atoms with Crippen molar-refractivity contribution in [3.63, 3.8) is 0 Å². The molecule has 0 unspecified atom stereocenters. The van der Waals surface area contributed by atoms with Crippen LogP contribution in [-0.4, -0.2) is 30.3 Å². The summed E-state index contributed by atoms with van der Waals surface area (Å²) in [7, 11) is 1.77. The third kappa shape index (κ3) is 4.70. The van der Waals surface area contributed by atoms with Gasteiger partial charge in [0.25, 0.3) is 0 Å². The van der Waals surface area contributed by atoms with E-state index in [1.165, 1.54) is 11.3 Å². The molecule has 6 nitrogen and oxygen atoms in total. The van der Waals surface area contributed by atoms with Crippen LogP contribution in [-0.2, 0) is 20.0 Å². The molecule has 0 bridgehead atoms. The van der Waals surface area contributed by atoms with Crippen molar-refractivity contribution in [2.45, 2.75) is 12.5 Å². The van der Waals surface area contributed by atoms with Crippen LogP contribution in [0.1, 0.15) is 29.3 Å². The minimum atomic E-state index is -1.11. The lowest BCUT2D eigenvalue weighted by Crippen LogP contribution is -2.32. The molecule has 0 aliphatic heterocycles. The summed E-state index contributed by atoms with van der Waals surface area (Å²) in [5.41, 5.74) is 1.89. The molecule has 0 fully saturated rings. The van der Waals surface area contributed by atoms with Crippen LogP contribution in [0.25, 0.3) is 0 Å². The fourth-order valence-electron chi connectivity index (χ4n) is 3.68. The number of aromatic nitrogens is 1. The number of thiazole rings is 1. The van der Waals surface area contributed by atoms with Gasteiger partial charge >= 0.3 is 5.97 Å². The number of rotatable bonds is 9. The van der Waals surface area contributed by atoms with Gasteiger partial charge in [-0.1, -0.05) is 96.2 Å². The van der Waals surface area contributed by atoms with Crippen LogP contribution in [0.3, 0.4) is 0 Å². The standard InChI is InChI=1S/C27H25N3O3S/c1-3-32-25(31)24(23-19-34-26(28-2)29-23)30-33-27(20-13-7-4-8-14-20,21-15-9-5-10-16-21)22-17-11-6-12-18-22/h4-19H,3H2,1-2H3,(H,28,29)/b30-24+. The number of hydrogen-bond donors (Lipinski definition) is 1. The average Bonchev–Trinajstić information content (AvgIpc) is 3.37.